The molecule has 3 N–H and O–H groups in total. The summed E-state index contributed by atoms with van der Waals surface area (Å²) in [6.07, 6.45) is 3.33. The van der Waals surface area contributed by atoms with Crippen molar-refractivity contribution in [3.8, 4) is 5.88 Å². The third kappa shape index (κ3) is 7.33. The Labute approximate surface area is 152 Å². The largest absolute Gasteiger partial charge is 0.475 e. The molecule has 23 heavy (non-hydrogen) atoms. The average Bonchev–Trinajstić information content (AvgIpc) is 3.06. The lowest BCUT2D eigenvalue weighted by molar-refractivity contribution is 0.143. The Balaban J connectivity index is 0.00000264. The quantitative estimate of drug-likeness (QED) is 0.287. The summed E-state index contributed by atoms with van der Waals surface area (Å²) in [5.74, 6) is 1.72. The topological polar surface area (TPSA) is 94.9 Å². The number of furan rings is 1. The molecule has 2 heterocycles. The van der Waals surface area contributed by atoms with Crippen molar-refractivity contribution in [2.75, 3.05) is 20.3 Å². The van der Waals surface area contributed by atoms with Crippen LogP contribution in [0, 0.1) is 0 Å². The van der Waals surface area contributed by atoms with Crippen LogP contribution in [-0.4, -0.2) is 31.3 Å². The zero-order valence-corrected chi connectivity index (χ0v) is 15.2. The number of methoxy groups -OCH3 is 1. The standard InChI is InChI=1S/C15H20N4O3.HI/c1-20-7-8-22-14-5-4-12(9-17-14)10-18-15(16)19-11-13-3-2-6-21-13;/h2-6,9H,7-8,10-11H2,1H3,(H3,16,18,19);1H. The van der Waals surface area contributed by atoms with E-state index in [2.05, 4.69) is 15.3 Å². The van der Waals surface area contributed by atoms with Crippen LogP contribution in [0.15, 0.2) is 46.1 Å². The van der Waals surface area contributed by atoms with Crippen LogP contribution in [0.25, 0.3) is 0 Å². The number of pyridine rings is 1. The normalized spacial score (nSPS) is 10.9. The minimum atomic E-state index is 0. The van der Waals surface area contributed by atoms with E-state index in [4.69, 9.17) is 19.6 Å². The molecular weight excluding hydrogens is 411 g/mol. The first-order valence-electron chi connectivity index (χ1n) is 6.91. The molecule has 126 valence electrons. The van der Waals surface area contributed by atoms with Gasteiger partial charge in [0.1, 0.15) is 12.4 Å². The third-order valence-corrected chi connectivity index (χ3v) is 2.79. The summed E-state index contributed by atoms with van der Waals surface area (Å²) in [4.78, 5) is 8.43. The van der Waals surface area contributed by atoms with Crippen LogP contribution in [-0.2, 0) is 17.8 Å². The van der Waals surface area contributed by atoms with Gasteiger partial charge < -0.3 is 24.9 Å². The Morgan fingerprint density at radius 2 is 2.22 bits per heavy atom. The second kappa shape index (κ2) is 10.8. The van der Waals surface area contributed by atoms with E-state index in [1.165, 1.54) is 0 Å². The van der Waals surface area contributed by atoms with E-state index < -0.39 is 0 Å². The zero-order chi connectivity index (χ0) is 15.6. The van der Waals surface area contributed by atoms with E-state index in [1.54, 1.807) is 25.6 Å². The fraction of sp³-hybridized carbons (Fsp3) is 0.333. The van der Waals surface area contributed by atoms with Crippen LogP contribution in [0.5, 0.6) is 5.88 Å². The molecule has 7 nitrogen and oxygen atoms in total. The Bertz CT molecular complexity index is 573. The molecule has 0 fully saturated rings. The molecule has 8 heteroatoms. The van der Waals surface area contributed by atoms with Gasteiger partial charge in [0, 0.05) is 19.4 Å². The smallest absolute Gasteiger partial charge is 0.213 e. The minimum Gasteiger partial charge on any atom is -0.475 e. The Morgan fingerprint density at radius 3 is 2.87 bits per heavy atom. The summed E-state index contributed by atoms with van der Waals surface area (Å²) in [7, 11) is 1.63. The highest BCUT2D eigenvalue weighted by molar-refractivity contribution is 14.0. The van der Waals surface area contributed by atoms with Gasteiger partial charge in [0.25, 0.3) is 0 Å². The van der Waals surface area contributed by atoms with Gasteiger partial charge in [0.15, 0.2) is 5.96 Å². The van der Waals surface area contributed by atoms with Crippen molar-refractivity contribution in [2.24, 2.45) is 10.7 Å². The van der Waals surface area contributed by atoms with Crippen molar-refractivity contribution in [3.63, 3.8) is 0 Å². The molecule has 0 spiro atoms. The second-order valence-electron chi connectivity index (χ2n) is 4.48. The predicted molar refractivity (Wildman–Crippen MR) is 97.9 cm³/mol. The van der Waals surface area contributed by atoms with Crippen molar-refractivity contribution in [3.05, 3.63) is 48.0 Å². The zero-order valence-electron chi connectivity index (χ0n) is 12.9. The summed E-state index contributed by atoms with van der Waals surface area (Å²) < 4.78 is 15.5. The van der Waals surface area contributed by atoms with Crippen LogP contribution in [0.3, 0.4) is 0 Å². The predicted octanol–water partition coefficient (Wildman–Crippen LogP) is 1.92. The summed E-state index contributed by atoms with van der Waals surface area (Å²) in [6, 6.07) is 7.39. The van der Waals surface area contributed by atoms with E-state index >= 15 is 0 Å². The molecule has 0 saturated carbocycles. The van der Waals surface area contributed by atoms with Crippen molar-refractivity contribution < 1.29 is 13.9 Å². The second-order valence-corrected chi connectivity index (χ2v) is 4.48. The third-order valence-electron chi connectivity index (χ3n) is 2.79. The number of ether oxygens (including phenoxy) is 2. The molecular formula is C15H21IN4O3. The number of hydrogen-bond donors (Lipinski definition) is 2. The SMILES string of the molecule is COCCOc1ccc(CN=C(N)NCc2ccco2)cn1.I. The Kier molecular flexibility index (Phi) is 9.07. The number of nitrogens with one attached hydrogen (secondary N) is 1. The number of aromatic nitrogens is 1. The first-order chi connectivity index (χ1) is 10.8. The van der Waals surface area contributed by atoms with Crippen molar-refractivity contribution in [2.45, 2.75) is 13.1 Å². The van der Waals surface area contributed by atoms with Crippen LogP contribution in [0.1, 0.15) is 11.3 Å². The summed E-state index contributed by atoms with van der Waals surface area (Å²) >= 11 is 0. The number of nitrogens with two attached hydrogens (primary N) is 1. The number of rotatable bonds is 8. The van der Waals surface area contributed by atoms with Gasteiger partial charge in [-0.05, 0) is 17.7 Å². The highest BCUT2D eigenvalue weighted by atomic mass is 127. The van der Waals surface area contributed by atoms with E-state index in [1.807, 2.05) is 18.2 Å². The van der Waals surface area contributed by atoms with Crippen molar-refractivity contribution >= 4 is 29.9 Å². The van der Waals surface area contributed by atoms with Gasteiger partial charge in [-0.25, -0.2) is 9.98 Å². The molecule has 0 unspecified atom stereocenters. The molecule has 2 aromatic rings. The summed E-state index contributed by atoms with van der Waals surface area (Å²) in [5.41, 5.74) is 6.73. The van der Waals surface area contributed by atoms with Gasteiger partial charge in [-0.2, -0.15) is 0 Å². The minimum absolute atomic E-state index is 0. The maximum absolute atomic E-state index is 5.79. The highest BCUT2D eigenvalue weighted by Crippen LogP contribution is 2.08. The first kappa shape index (κ1) is 19.2. The molecule has 0 aliphatic rings. The van der Waals surface area contributed by atoms with E-state index in [9.17, 15) is 0 Å². The number of halogens is 1. The van der Waals surface area contributed by atoms with Gasteiger partial charge >= 0.3 is 0 Å². The molecule has 0 saturated heterocycles. The molecule has 2 aromatic heterocycles. The summed E-state index contributed by atoms with van der Waals surface area (Å²) in [6.45, 7) is 1.96. The monoisotopic (exact) mass is 432 g/mol. The molecule has 0 aromatic carbocycles. The van der Waals surface area contributed by atoms with E-state index in [0.29, 0.717) is 38.1 Å². The van der Waals surface area contributed by atoms with E-state index in [-0.39, 0.29) is 24.0 Å². The maximum atomic E-state index is 5.79. The number of aliphatic imine (C=N–C) groups is 1. The summed E-state index contributed by atoms with van der Waals surface area (Å²) in [5, 5.41) is 2.98. The van der Waals surface area contributed by atoms with Crippen LogP contribution in [0.4, 0.5) is 0 Å². The molecule has 2 rings (SSSR count). The van der Waals surface area contributed by atoms with Crippen molar-refractivity contribution in [1.82, 2.24) is 10.3 Å². The van der Waals surface area contributed by atoms with Crippen molar-refractivity contribution in [1.29, 1.82) is 0 Å². The number of guanidine groups is 1. The fourth-order valence-corrected chi connectivity index (χ4v) is 1.64. The van der Waals surface area contributed by atoms with Gasteiger partial charge in [-0.1, -0.05) is 6.07 Å². The molecule has 0 amide bonds. The van der Waals surface area contributed by atoms with Gasteiger partial charge in [0.05, 0.1) is 26.0 Å². The lowest BCUT2D eigenvalue weighted by atomic mass is 10.3. The molecule has 0 radical (unpaired) electrons. The van der Waals surface area contributed by atoms with Gasteiger partial charge in [-0.15, -0.1) is 24.0 Å². The highest BCUT2D eigenvalue weighted by Gasteiger charge is 1.99. The fourth-order valence-electron chi connectivity index (χ4n) is 1.64. The van der Waals surface area contributed by atoms with Gasteiger partial charge in [-0.3, -0.25) is 0 Å². The van der Waals surface area contributed by atoms with E-state index in [0.717, 1.165) is 11.3 Å². The molecule has 0 aliphatic heterocycles. The molecule has 0 bridgehead atoms. The lowest BCUT2D eigenvalue weighted by Gasteiger charge is -2.05. The van der Waals surface area contributed by atoms with Gasteiger partial charge in [0.2, 0.25) is 5.88 Å². The number of nitrogens with zero attached hydrogens (tertiary/aromatic N) is 2. The Morgan fingerprint density at radius 1 is 1.35 bits per heavy atom. The van der Waals surface area contributed by atoms with Crippen LogP contribution >= 0.6 is 24.0 Å². The van der Waals surface area contributed by atoms with Crippen LogP contribution in [0.2, 0.25) is 0 Å². The first-order valence-corrected chi connectivity index (χ1v) is 6.91. The average molecular weight is 432 g/mol. The van der Waals surface area contributed by atoms with Crippen LogP contribution < -0.4 is 15.8 Å². The Hall–Kier alpha value is -1.81. The maximum Gasteiger partial charge on any atom is 0.213 e. The number of hydrogen-bond acceptors (Lipinski definition) is 5. The lowest BCUT2D eigenvalue weighted by Crippen LogP contribution is -2.30. The molecule has 0 atom stereocenters. The molecule has 0 aliphatic carbocycles.